The molecule has 0 spiro atoms. The van der Waals surface area contributed by atoms with Crippen molar-refractivity contribution in [3.8, 4) is 5.75 Å². The van der Waals surface area contributed by atoms with Crippen LogP contribution < -0.4 is 4.74 Å². The van der Waals surface area contributed by atoms with Crippen LogP contribution in [0.1, 0.15) is 25.7 Å². The minimum Gasteiger partial charge on any atom is -0.494 e. The van der Waals surface area contributed by atoms with Gasteiger partial charge in [-0.05, 0) is 31.4 Å². The minimum atomic E-state index is 0.275. The van der Waals surface area contributed by atoms with Gasteiger partial charge < -0.3 is 14.6 Å². The highest BCUT2D eigenvalue weighted by molar-refractivity contribution is 5.42. The predicted octanol–water partition coefficient (Wildman–Crippen LogP) is 2.95. The van der Waals surface area contributed by atoms with Gasteiger partial charge in [-0.1, -0.05) is 17.7 Å². The van der Waals surface area contributed by atoms with Crippen LogP contribution in [0.15, 0.2) is 34.6 Å². The number of aliphatic hydroxyl groups is 1. The van der Waals surface area contributed by atoms with Crippen molar-refractivity contribution in [2.24, 2.45) is 10.3 Å². The Morgan fingerprint density at radius 1 is 1.14 bits per heavy atom. The van der Waals surface area contributed by atoms with Crippen molar-refractivity contribution in [3.05, 3.63) is 24.3 Å². The lowest BCUT2D eigenvalue weighted by Crippen LogP contribution is -2.31. The summed E-state index contributed by atoms with van der Waals surface area (Å²) in [6, 6.07) is 7.67. The monoisotopic (exact) mass is 307 g/mol. The van der Waals surface area contributed by atoms with Crippen LogP contribution in [-0.2, 0) is 4.74 Å². The molecule has 0 unspecified atom stereocenters. The predicted molar refractivity (Wildman–Crippen MR) is 84.4 cm³/mol. The Balaban J connectivity index is 1.73. The molecule has 22 heavy (non-hydrogen) atoms. The summed E-state index contributed by atoms with van der Waals surface area (Å²) in [5, 5.41) is 19.1. The molecule has 6 nitrogen and oxygen atoms in total. The molecule has 0 aromatic heterocycles. The quantitative estimate of drug-likeness (QED) is 0.562. The second-order valence-corrected chi connectivity index (χ2v) is 5.24. The maximum atomic E-state index is 8.72. The zero-order chi connectivity index (χ0) is 15.5. The van der Waals surface area contributed by atoms with E-state index in [-0.39, 0.29) is 6.61 Å². The number of nitrogens with zero attached hydrogens (tertiary/aromatic N) is 3. The first-order valence-corrected chi connectivity index (χ1v) is 7.96. The number of morpholine rings is 1. The van der Waals surface area contributed by atoms with E-state index in [1.54, 1.807) is 0 Å². The molecule has 2 rings (SSSR count). The number of aliphatic hydroxyl groups excluding tert-OH is 1. The van der Waals surface area contributed by atoms with Crippen LogP contribution in [0.25, 0.3) is 0 Å². The summed E-state index contributed by atoms with van der Waals surface area (Å²) in [7, 11) is 0. The molecule has 0 radical (unpaired) electrons. The van der Waals surface area contributed by atoms with Crippen LogP contribution in [0.2, 0.25) is 0 Å². The highest BCUT2D eigenvalue weighted by atomic mass is 16.5. The lowest BCUT2D eigenvalue weighted by atomic mass is 10.2. The van der Waals surface area contributed by atoms with Gasteiger partial charge in [0.25, 0.3) is 0 Å². The van der Waals surface area contributed by atoms with Crippen LogP contribution in [0, 0.1) is 0 Å². The molecule has 1 saturated heterocycles. The van der Waals surface area contributed by atoms with Gasteiger partial charge in [-0.2, -0.15) is 0 Å². The van der Waals surface area contributed by atoms with Crippen molar-refractivity contribution in [2.75, 3.05) is 39.5 Å². The van der Waals surface area contributed by atoms with Crippen LogP contribution in [0.5, 0.6) is 5.75 Å². The van der Waals surface area contributed by atoms with E-state index in [2.05, 4.69) is 10.3 Å². The van der Waals surface area contributed by atoms with Crippen LogP contribution >= 0.6 is 0 Å². The van der Waals surface area contributed by atoms with E-state index in [9.17, 15) is 0 Å². The summed E-state index contributed by atoms with van der Waals surface area (Å²) < 4.78 is 11.0. The molecular formula is C16H25N3O3. The van der Waals surface area contributed by atoms with Gasteiger partial charge in [-0.3, -0.25) is 5.01 Å². The van der Waals surface area contributed by atoms with Gasteiger partial charge >= 0.3 is 0 Å². The van der Waals surface area contributed by atoms with Crippen LogP contribution in [0.4, 0.5) is 5.69 Å². The highest BCUT2D eigenvalue weighted by Gasteiger charge is 2.07. The van der Waals surface area contributed by atoms with Gasteiger partial charge in [0.2, 0.25) is 0 Å². The van der Waals surface area contributed by atoms with E-state index < -0.39 is 0 Å². The molecule has 1 aromatic rings. The molecule has 1 heterocycles. The Kier molecular flexibility index (Phi) is 7.69. The average molecular weight is 307 g/mol. The van der Waals surface area contributed by atoms with Crippen molar-refractivity contribution < 1.29 is 14.6 Å². The molecule has 0 amide bonds. The Morgan fingerprint density at radius 3 is 2.77 bits per heavy atom. The molecule has 0 bridgehead atoms. The molecule has 1 aliphatic rings. The zero-order valence-corrected chi connectivity index (χ0v) is 13.0. The number of hydrogen-bond donors (Lipinski definition) is 1. The number of unbranched alkanes of at least 4 members (excludes halogenated alkanes) is 3. The summed E-state index contributed by atoms with van der Waals surface area (Å²) in [6.45, 7) is 3.95. The second-order valence-electron chi connectivity index (χ2n) is 5.24. The number of hydrogen-bond acceptors (Lipinski definition) is 5. The van der Waals surface area contributed by atoms with Gasteiger partial charge in [0.1, 0.15) is 5.75 Å². The van der Waals surface area contributed by atoms with Crippen molar-refractivity contribution in [2.45, 2.75) is 25.7 Å². The van der Waals surface area contributed by atoms with Gasteiger partial charge in [0.15, 0.2) is 0 Å². The Morgan fingerprint density at radius 2 is 1.95 bits per heavy atom. The van der Waals surface area contributed by atoms with E-state index in [0.29, 0.717) is 19.8 Å². The SMILES string of the molecule is OCCCCCCOc1cccc(N=NN2CCOCC2)c1. The normalized spacial score (nSPS) is 15.4. The molecule has 1 aromatic carbocycles. The minimum absolute atomic E-state index is 0.275. The van der Waals surface area contributed by atoms with Crippen molar-refractivity contribution in [3.63, 3.8) is 0 Å². The third-order valence-corrected chi connectivity index (χ3v) is 3.41. The lowest BCUT2D eigenvalue weighted by Gasteiger charge is -2.22. The molecule has 1 aliphatic heterocycles. The number of rotatable bonds is 9. The lowest BCUT2D eigenvalue weighted by molar-refractivity contribution is 0.0353. The van der Waals surface area contributed by atoms with E-state index in [4.69, 9.17) is 14.6 Å². The summed E-state index contributed by atoms with van der Waals surface area (Å²) in [4.78, 5) is 0. The van der Waals surface area contributed by atoms with Gasteiger partial charge in [-0.15, -0.1) is 5.11 Å². The first kappa shape index (κ1) is 16.7. The van der Waals surface area contributed by atoms with E-state index >= 15 is 0 Å². The molecule has 1 N–H and O–H groups in total. The topological polar surface area (TPSA) is 66.7 Å². The molecule has 0 aliphatic carbocycles. The summed E-state index contributed by atoms with van der Waals surface area (Å²) in [6.07, 6.45) is 4.00. The summed E-state index contributed by atoms with van der Waals surface area (Å²) in [5.41, 5.74) is 0.796. The standard InChI is InChI=1S/C16H25N3O3/c20-10-3-1-2-4-11-22-16-7-5-6-15(14-16)17-18-19-8-12-21-13-9-19/h5-7,14,20H,1-4,8-13H2. The third kappa shape index (κ3) is 6.41. The first-order valence-electron chi connectivity index (χ1n) is 7.96. The molecule has 1 fully saturated rings. The van der Waals surface area contributed by atoms with Crippen molar-refractivity contribution in [1.82, 2.24) is 5.01 Å². The largest absolute Gasteiger partial charge is 0.494 e. The molecule has 122 valence electrons. The fourth-order valence-electron chi connectivity index (χ4n) is 2.15. The fourth-order valence-corrected chi connectivity index (χ4v) is 2.15. The zero-order valence-electron chi connectivity index (χ0n) is 13.0. The van der Waals surface area contributed by atoms with Gasteiger partial charge in [0.05, 0.1) is 38.6 Å². The molecule has 6 heteroatoms. The van der Waals surface area contributed by atoms with E-state index in [1.807, 2.05) is 29.3 Å². The third-order valence-electron chi connectivity index (χ3n) is 3.41. The number of benzene rings is 1. The Bertz CT molecular complexity index is 448. The van der Waals surface area contributed by atoms with Crippen LogP contribution in [-0.4, -0.2) is 49.6 Å². The van der Waals surface area contributed by atoms with Crippen molar-refractivity contribution in [1.29, 1.82) is 0 Å². The highest BCUT2D eigenvalue weighted by Crippen LogP contribution is 2.21. The maximum absolute atomic E-state index is 8.72. The van der Waals surface area contributed by atoms with Crippen molar-refractivity contribution >= 4 is 5.69 Å². The molecule has 0 saturated carbocycles. The smallest absolute Gasteiger partial charge is 0.121 e. The van der Waals surface area contributed by atoms with Gasteiger partial charge in [0, 0.05) is 12.7 Å². The maximum Gasteiger partial charge on any atom is 0.121 e. The summed E-state index contributed by atoms with van der Waals surface area (Å²) in [5.74, 6) is 0.820. The Labute approximate surface area is 131 Å². The fraction of sp³-hybridized carbons (Fsp3) is 0.625. The van der Waals surface area contributed by atoms with Crippen LogP contribution in [0.3, 0.4) is 0 Å². The van der Waals surface area contributed by atoms with E-state index in [0.717, 1.165) is 50.2 Å². The first-order chi connectivity index (χ1) is 10.9. The van der Waals surface area contributed by atoms with E-state index in [1.165, 1.54) is 0 Å². The molecular weight excluding hydrogens is 282 g/mol. The number of ether oxygens (including phenoxy) is 2. The summed E-state index contributed by atoms with van der Waals surface area (Å²) >= 11 is 0. The molecule has 0 atom stereocenters. The average Bonchev–Trinajstić information content (AvgIpc) is 2.57. The Hall–Kier alpha value is -1.66. The van der Waals surface area contributed by atoms with Gasteiger partial charge in [-0.25, -0.2) is 0 Å². The second kappa shape index (κ2) is 10.1.